The van der Waals surface area contributed by atoms with Gasteiger partial charge in [-0.15, -0.1) is 5.10 Å². The van der Waals surface area contributed by atoms with E-state index in [9.17, 15) is 0 Å². The molecule has 0 aliphatic rings. The van der Waals surface area contributed by atoms with Crippen LogP contribution in [0.1, 0.15) is 12.7 Å². The zero-order valence-electron chi connectivity index (χ0n) is 7.84. The van der Waals surface area contributed by atoms with E-state index >= 15 is 0 Å². The maximum Gasteiger partial charge on any atom is 0.170 e. The van der Waals surface area contributed by atoms with Gasteiger partial charge in [0.2, 0.25) is 0 Å². The molecule has 0 saturated carbocycles. The van der Waals surface area contributed by atoms with Crippen LogP contribution in [0, 0.1) is 0 Å². The molecule has 0 fully saturated rings. The minimum absolute atomic E-state index is 0.694. The third-order valence-electron chi connectivity index (χ3n) is 1.82. The molecule has 0 aromatic carbocycles. The molecule has 0 bridgehead atoms. The van der Waals surface area contributed by atoms with Crippen molar-refractivity contribution in [2.75, 3.05) is 6.54 Å². The van der Waals surface area contributed by atoms with Crippen LogP contribution in [0.3, 0.4) is 0 Å². The fourth-order valence-corrected chi connectivity index (χ4v) is 1.75. The molecule has 14 heavy (non-hydrogen) atoms. The van der Waals surface area contributed by atoms with Crippen molar-refractivity contribution in [1.29, 1.82) is 0 Å². The van der Waals surface area contributed by atoms with Crippen molar-refractivity contribution in [3.8, 4) is 5.69 Å². The molecule has 0 radical (unpaired) electrons. The first-order valence-electron chi connectivity index (χ1n) is 4.42. The van der Waals surface area contributed by atoms with Gasteiger partial charge in [0, 0.05) is 5.38 Å². The van der Waals surface area contributed by atoms with E-state index in [1.165, 1.54) is 0 Å². The van der Waals surface area contributed by atoms with E-state index in [1.807, 2.05) is 16.8 Å². The summed E-state index contributed by atoms with van der Waals surface area (Å²) >= 11 is 1.63. The van der Waals surface area contributed by atoms with Crippen LogP contribution in [0.4, 0.5) is 0 Å². The van der Waals surface area contributed by atoms with E-state index in [2.05, 4.69) is 27.8 Å². The third kappa shape index (κ3) is 1.80. The van der Waals surface area contributed by atoms with Gasteiger partial charge in [-0.3, -0.25) is 0 Å². The summed E-state index contributed by atoms with van der Waals surface area (Å²) in [6.45, 7) is 3.66. The van der Waals surface area contributed by atoms with Crippen molar-refractivity contribution in [3.05, 3.63) is 22.7 Å². The van der Waals surface area contributed by atoms with Gasteiger partial charge in [-0.25, -0.2) is 0 Å². The topological polar surface area (TPSA) is 55.6 Å². The lowest BCUT2D eigenvalue weighted by Crippen LogP contribution is -2.16. The molecule has 0 aliphatic carbocycles. The first-order valence-corrected chi connectivity index (χ1v) is 5.36. The van der Waals surface area contributed by atoms with Crippen molar-refractivity contribution in [1.82, 2.24) is 25.5 Å². The molecule has 0 saturated heterocycles. The van der Waals surface area contributed by atoms with Gasteiger partial charge in [-0.05, 0) is 28.4 Å². The van der Waals surface area contributed by atoms with Gasteiger partial charge in [0.1, 0.15) is 0 Å². The van der Waals surface area contributed by atoms with Crippen LogP contribution in [-0.4, -0.2) is 26.8 Å². The molecule has 2 rings (SSSR count). The summed E-state index contributed by atoms with van der Waals surface area (Å²) in [5.41, 5.74) is 1.02. The number of nitrogens with one attached hydrogen (secondary N) is 1. The van der Waals surface area contributed by atoms with Crippen molar-refractivity contribution < 1.29 is 0 Å². The Kier molecular flexibility index (Phi) is 2.85. The second-order valence-electron chi connectivity index (χ2n) is 2.77. The van der Waals surface area contributed by atoms with Gasteiger partial charge in [0.05, 0.1) is 12.2 Å². The summed E-state index contributed by atoms with van der Waals surface area (Å²) in [7, 11) is 0. The Labute approximate surface area is 85.8 Å². The highest BCUT2D eigenvalue weighted by Crippen LogP contribution is 2.11. The quantitative estimate of drug-likeness (QED) is 0.810. The Morgan fingerprint density at radius 1 is 1.57 bits per heavy atom. The van der Waals surface area contributed by atoms with Crippen LogP contribution in [0.25, 0.3) is 5.69 Å². The molecule has 5 nitrogen and oxygen atoms in total. The van der Waals surface area contributed by atoms with Crippen LogP contribution in [0.5, 0.6) is 0 Å². The smallest absolute Gasteiger partial charge is 0.170 e. The molecule has 2 aromatic heterocycles. The number of hydrogen-bond donors (Lipinski definition) is 1. The van der Waals surface area contributed by atoms with Crippen LogP contribution in [0.15, 0.2) is 16.8 Å². The molecule has 0 atom stereocenters. The lowest BCUT2D eigenvalue weighted by atomic mass is 10.5. The molecule has 6 heteroatoms. The highest BCUT2D eigenvalue weighted by atomic mass is 32.1. The minimum Gasteiger partial charge on any atom is -0.310 e. The highest BCUT2D eigenvalue weighted by molar-refractivity contribution is 7.08. The Balaban J connectivity index is 2.22. The molecule has 0 aliphatic heterocycles. The molecular formula is C8H11N5S. The van der Waals surface area contributed by atoms with Gasteiger partial charge in [0.25, 0.3) is 0 Å². The van der Waals surface area contributed by atoms with Gasteiger partial charge in [0.15, 0.2) is 5.82 Å². The number of aromatic nitrogens is 4. The molecule has 2 heterocycles. The lowest BCUT2D eigenvalue weighted by molar-refractivity contribution is 0.664. The average Bonchev–Trinajstić information content (AvgIpc) is 2.84. The van der Waals surface area contributed by atoms with Gasteiger partial charge in [-0.1, -0.05) is 6.92 Å². The Hall–Kier alpha value is -1.27. The second kappa shape index (κ2) is 4.30. The van der Waals surface area contributed by atoms with Gasteiger partial charge >= 0.3 is 0 Å². The summed E-state index contributed by atoms with van der Waals surface area (Å²) in [6.07, 6.45) is 0. The fraction of sp³-hybridized carbons (Fsp3) is 0.375. The Morgan fingerprint density at radius 3 is 3.21 bits per heavy atom. The third-order valence-corrected chi connectivity index (χ3v) is 2.49. The van der Waals surface area contributed by atoms with Crippen LogP contribution in [-0.2, 0) is 6.54 Å². The monoisotopic (exact) mass is 209 g/mol. The Morgan fingerprint density at radius 2 is 2.50 bits per heavy atom. The molecule has 0 unspecified atom stereocenters. The number of hydrogen-bond acceptors (Lipinski definition) is 5. The number of rotatable bonds is 4. The molecule has 2 aromatic rings. The molecule has 1 N–H and O–H groups in total. The summed E-state index contributed by atoms with van der Waals surface area (Å²) in [5.74, 6) is 0.838. The summed E-state index contributed by atoms with van der Waals surface area (Å²) in [5, 5.41) is 18.8. The zero-order valence-corrected chi connectivity index (χ0v) is 8.66. The van der Waals surface area contributed by atoms with E-state index in [-0.39, 0.29) is 0 Å². The van der Waals surface area contributed by atoms with Crippen molar-refractivity contribution in [2.45, 2.75) is 13.5 Å². The van der Waals surface area contributed by atoms with Crippen LogP contribution in [0.2, 0.25) is 0 Å². The van der Waals surface area contributed by atoms with E-state index in [0.717, 1.165) is 18.1 Å². The molecule has 0 amide bonds. The van der Waals surface area contributed by atoms with E-state index in [1.54, 1.807) is 16.0 Å². The lowest BCUT2D eigenvalue weighted by Gasteiger charge is -2.01. The van der Waals surface area contributed by atoms with E-state index in [0.29, 0.717) is 6.54 Å². The average molecular weight is 209 g/mol. The predicted molar refractivity (Wildman–Crippen MR) is 54.4 cm³/mol. The molecular weight excluding hydrogens is 198 g/mol. The normalized spacial score (nSPS) is 10.6. The minimum atomic E-state index is 0.694. The maximum atomic E-state index is 3.95. The molecule has 0 spiro atoms. The fourth-order valence-electron chi connectivity index (χ4n) is 1.13. The summed E-state index contributed by atoms with van der Waals surface area (Å²) in [6, 6.07) is 2.00. The summed E-state index contributed by atoms with van der Waals surface area (Å²) in [4.78, 5) is 0. The summed E-state index contributed by atoms with van der Waals surface area (Å²) < 4.78 is 1.75. The van der Waals surface area contributed by atoms with E-state index in [4.69, 9.17) is 0 Å². The largest absolute Gasteiger partial charge is 0.310 e. The first kappa shape index (κ1) is 9.29. The zero-order chi connectivity index (χ0) is 9.80. The SMILES string of the molecule is CCNCc1nnnn1-c1ccsc1. The highest BCUT2D eigenvalue weighted by Gasteiger charge is 2.06. The van der Waals surface area contributed by atoms with Crippen molar-refractivity contribution >= 4 is 11.3 Å². The number of thiophene rings is 1. The van der Waals surface area contributed by atoms with Crippen LogP contribution >= 0.6 is 11.3 Å². The van der Waals surface area contributed by atoms with Crippen molar-refractivity contribution in [3.63, 3.8) is 0 Å². The number of nitrogens with zero attached hydrogens (tertiary/aromatic N) is 4. The van der Waals surface area contributed by atoms with Gasteiger partial charge < -0.3 is 5.32 Å². The van der Waals surface area contributed by atoms with E-state index < -0.39 is 0 Å². The molecule has 74 valence electrons. The van der Waals surface area contributed by atoms with Crippen LogP contribution < -0.4 is 5.32 Å². The maximum absolute atomic E-state index is 3.95. The Bertz CT molecular complexity index is 380. The second-order valence-corrected chi connectivity index (χ2v) is 3.55. The standard InChI is InChI=1S/C8H11N5S/c1-2-9-5-8-10-11-12-13(8)7-3-4-14-6-7/h3-4,6,9H,2,5H2,1H3. The predicted octanol–water partition coefficient (Wildman–Crippen LogP) is 0.833. The first-order chi connectivity index (χ1) is 6.92. The van der Waals surface area contributed by atoms with Gasteiger partial charge in [-0.2, -0.15) is 16.0 Å². The van der Waals surface area contributed by atoms with Crippen molar-refractivity contribution in [2.24, 2.45) is 0 Å². The number of tetrazole rings is 1.